The van der Waals surface area contributed by atoms with Crippen LogP contribution in [-0.4, -0.2) is 31.5 Å². The van der Waals surface area contributed by atoms with Crippen molar-refractivity contribution in [3.8, 4) is 5.69 Å². The largest absolute Gasteiger partial charge is 0.316 e. The second kappa shape index (κ2) is 7.17. The molecule has 0 atom stereocenters. The summed E-state index contributed by atoms with van der Waals surface area (Å²) in [4.78, 5) is 16.6. The van der Waals surface area contributed by atoms with Crippen LogP contribution >= 0.6 is 23.4 Å². The van der Waals surface area contributed by atoms with Gasteiger partial charge in [-0.2, -0.15) is 15.1 Å². The van der Waals surface area contributed by atoms with E-state index in [1.807, 2.05) is 47.2 Å². The summed E-state index contributed by atoms with van der Waals surface area (Å²) < 4.78 is 1.87. The molecule has 0 bridgehead atoms. The van der Waals surface area contributed by atoms with Crippen LogP contribution in [0.3, 0.4) is 0 Å². The average Bonchev–Trinajstić information content (AvgIpc) is 3.26. The maximum Gasteiger partial charge on any atom is 0.283 e. The number of hydrogen-bond donors (Lipinski definition) is 1. The topological polar surface area (TPSA) is 73.8 Å². The number of amides is 1. The predicted molar refractivity (Wildman–Crippen MR) is 111 cm³/mol. The molecule has 1 aromatic carbocycles. The molecule has 0 spiro atoms. The number of amidine groups is 2. The summed E-state index contributed by atoms with van der Waals surface area (Å²) in [6.45, 7) is 2.06. The van der Waals surface area contributed by atoms with E-state index in [0.29, 0.717) is 10.2 Å². The zero-order valence-electron chi connectivity index (χ0n) is 14.5. The Morgan fingerprint density at radius 3 is 2.85 bits per heavy atom. The predicted octanol–water partition coefficient (Wildman–Crippen LogP) is 4.55. The molecule has 6 nitrogen and oxygen atoms in total. The third-order valence-electron chi connectivity index (χ3n) is 4.14. The molecule has 136 valence electrons. The number of nitrogens with one attached hydrogen (secondary N) is 1. The first-order chi connectivity index (χ1) is 13.1. The lowest BCUT2D eigenvalue weighted by Gasteiger charge is -2.20. The minimum Gasteiger partial charge on any atom is -0.316 e. The van der Waals surface area contributed by atoms with Gasteiger partial charge in [0.05, 0.1) is 16.3 Å². The van der Waals surface area contributed by atoms with E-state index in [0.717, 1.165) is 29.3 Å². The number of carbonyl (C=O) groups is 1. The number of para-hydroxylation sites is 1. The zero-order chi connectivity index (χ0) is 19.0. The maximum absolute atomic E-state index is 12.5. The number of aromatic nitrogens is 1. The van der Waals surface area contributed by atoms with Crippen molar-refractivity contribution < 1.29 is 4.79 Å². The number of hydrazone groups is 1. The van der Waals surface area contributed by atoms with Crippen molar-refractivity contribution in [3.63, 3.8) is 0 Å². The Morgan fingerprint density at radius 1 is 1.26 bits per heavy atom. The van der Waals surface area contributed by atoms with Crippen LogP contribution in [0, 0.1) is 5.41 Å². The van der Waals surface area contributed by atoms with E-state index in [2.05, 4.69) is 17.0 Å². The molecule has 3 heterocycles. The highest BCUT2D eigenvalue weighted by molar-refractivity contribution is 8.26. The van der Waals surface area contributed by atoms with Crippen molar-refractivity contribution in [3.05, 3.63) is 58.9 Å². The fourth-order valence-corrected chi connectivity index (χ4v) is 4.09. The Kier molecular flexibility index (Phi) is 4.72. The number of thioether (sulfide) groups is 1. The van der Waals surface area contributed by atoms with Crippen molar-refractivity contribution >= 4 is 51.4 Å². The van der Waals surface area contributed by atoms with Crippen molar-refractivity contribution in [1.29, 1.82) is 5.41 Å². The van der Waals surface area contributed by atoms with Gasteiger partial charge in [-0.1, -0.05) is 30.7 Å². The fourth-order valence-electron chi connectivity index (χ4n) is 2.87. The van der Waals surface area contributed by atoms with Gasteiger partial charge in [0.1, 0.15) is 5.04 Å². The second-order valence-electron chi connectivity index (χ2n) is 6.02. The van der Waals surface area contributed by atoms with Gasteiger partial charge in [-0.15, -0.1) is 0 Å². The van der Waals surface area contributed by atoms with Crippen molar-refractivity contribution in [2.24, 2.45) is 10.1 Å². The highest BCUT2D eigenvalue weighted by Gasteiger charge is 2.35. The van der Waals surface area contributed by atoms with Crippen LogP contribution in [0.4, 0.5) is 0 Å². The molecule has 1 N–H and O–H groups in total. The summed E-state index contributed by atoms with van der Waals surface area (Å²) >= 11 is 7.66. The SMILES string of the molecule is CCCC1=NN2C(=N)/C(=C\c3cccn3-c3ccccc3Cl)C(=O)N=C2S1. The highest BCUT2D eigenvalue weighted by Crippen LogP contribution is 2.30. The number of aliphatic imine (C=N–C) groups is 1. The van der Waals surface area contributed by atoms with Crippen molar-refractivity contribution in [2.45, 2.75) is 19.8 Å². The summed E-state index contributed by atoms with van der Waals surface area (Å²) in [7, 11) is 0. The lowest BCUT2D eigenvalue weighted by atomic mass is 10.1. The molecule has 0 saturated heterocycles. The summed E-state index contributed by atoms with van der Waals surface area (Å²) in [6.07, 6.45) is 5.27. The van der Waals surface area contributed by atoms with Crippen molar-refractivity contribution in [1.82, 2.24) is 9.58 Å². The van der Waals surface area contributed by atoms with E-state index in [1.165, 1.54) is 16.8 Å². The quantitative estimate of drug-likeness (QED) is 0.769. The first-order valence-electron chi connectivity index (χ1n) is 8.50. The number of halogens is 1. The van der Waals surface area contributed by atoms with Gasteiger partial charge < -0.3 is 4.57 Å². The van der Waals surface area contributed by atoms with Crippen LogP contribution in [0.5, 0.6) is 0 Å². The number of carbonyl (C=O) groups excluding carboxylic acids is 1. The van der Waals surface area contributed by atoms with E-state index in [9.17, 15) is 4.79 Å². The maximum atomic E-state index is 12.5. The van der Waals surface area contributed by atoms with Crippen molar-refractivity contribution in [2.75, 3.05) is 0 Å². The van der Waals surface area contributed by atoms with Crippen LogP contribution in [0.2, 0.25) is 5.02 Å². The Labute approximate surface area is 165 Å². The van der Waals surface area contributed by atoms with Gasteiger partial charge in [0.25, 0.3) is 5.91 Å². The van der Waals surface area contributed by atoms with Gasteiger partial charge in [0.2, 0.25) is 5.17 Å². The smallest absolute Gasteiger partial charge is 0.283 e. The number of benzene rings is 1. The molecule has 2 aliphatic heterocycles. The lowest BCUT2D eigenvalue weighted by molar-refractivity contribution is -0.114. The third-order valence-corrected chi connectivity index (χ3v) is 5.43. The molecule has 2 aliphatic rings. The summed E-state index contributed by atoms with van der Waals surface area (Å²) in [5, 5.41) is 16.2. The van der Waals surface area contributed by atoms with Crippen LogP contribution in [-0.2, 0) is 4.79 Å². The van der Waals surface area contributed by atoms with Crippen LogP contribution in [0.1, 0.15) is 25.5 Å². The molecule has 27 heavy (non-hydrogen) atoms. The average molecular weight is 398 g/mol. The highest BCUT2D eigenvalue weighted by atomic mass is 35.5. The minimum absolute atomic E-state index is 0.0375. The standard InChI is InChI=1S/C19H16ClN5OS/c1-2-6-16-23-25-17(21)13(18(26)22-19(25)27-16)11-12-7-5-10-24(12)15-9-4-3-8-14(15)20/h3-5,7-11,21H,2,6H2,1H3/b13-11+,21-17?. The number of nitrogens with zero attached hydrogens (tertiary/aromatic N) is 4. The van der Waals surface area contributed by atoms with E-state index in [1.54, 1.807) is 6.08 Å². The molecule has 1 amide bonds. The van der Waals surface area contributed by atoms with E-state index >= 15 is 0 Å². The summed E-state index contributed by atoms with van der Waals surface area (Å²) in [5.74, 6) is -0.394. The Bertz CT molecular complexity index is 1040. The van der Waals surface area contributed by atoms with E-state index < -0.39 is 5.91 Å². The normalized spacial score (nSPS) is 18.0. The molecule has 2 aromatic rings. The van der Waals surface area contributed by atoms with Crippen LogP contribution in [0.25, 0.3) is 11.8 Å². The molecular formula is C19H16ClN5OS. The second-order valence-corrected chi connectivity index (χ2v) is 7.47. The van der Waals surface area contributed by atoms with Gasteiger partial charge in [-0.05, 0) is 54.9 Å². The lowest BCUT2D eigenvalue weighted by Crippen LogP contribution is -2.35. The fraction of sp³-hybridized carbons (Fsp3) is 0.158. The first-order valence-corrected chi connectivity index (χ1v) is 9.69. The van der Waals surface area contributed by atoms with Gasteiger partial charge in [-0.25, -0.2) is 0 Å². The number of hydrogen-bond acceptors (Lipinski definition) is 4. The zero-order valence-corrected chi connectivity index (χ0v) is 16.1. The number of rotatable bonds is 4. The first kappa shape index (κ1) is 17.8. The Hall–Kier alpha value is -2.64. The molecule has 8 heteroatoms. The van der Waals surface area contributed by atoms with Gasteiger partial charge in [0.15, 0.2) is 5.84 Å². The molecule has 0 fully saturated rings. The summed E-state index contributed by atoms with van der Waals surface area (Å²) in [5.41, 5.74) is 1.74. The molecule has 1 aromatic heterocycles. The van der Waals surface area contributed by atoms with E-state index in [-0.39, 0.29) is 11.4 Å². The minimum atomic E-state index is -0.432. The van der Waals surface area contributed by atoms with Gasteiger partial charge in [-0.3, -0.25) is 10.2 Å². The molecule has 0 unspecified atom stereocenters. The Morgan fingerprint density at radius 2 is 2.07 bits per heavy atom. The third kappa shape index (κ3) is 3.24. The van der Waals surface area contributed by atoms with Crippen LogP contribution in [0.15, 0.2) is 58.3 Å². The molecule has 0 saturated carbocycles. The molecule has 0 aliphatic carbocycles. The number of fused-ring (bicyclic) bond motifs is 1. The van der Waals surface area contributed by atoms with E-state index in [4.69, 9.17) is 17.0 Å². The van der Waals surface area contributed by atoms with Crippen LogP contribution < -0.4 is 0 Å². The Balaban J connectivity index is 1.72. The van der Waals surface area contributed by atoms with Gasteiger partial charge >= 0.3 is 0 Å². The molecular weight excluding hydrogens is 382 g/mol. The summed E-state index contributed by atoms with van der Waals surface area (Å²) in [6, 6.07) is 11.2. The molecule has 0 radical (unpaired) electrons. The monoisotopic (exact) mass is 397 g/mol. The molecule has 4 rings (SSSR count). The van der Waals surface area contributed by atoms with Gasteiger partial charge in [0, 0.05) is 11.9 Å².